The van der Waals surface area contributed by atoms with Crippen LogP contribution in [-0.4, -0.2) is 35.0 Å². The van der Waals surface area contributed by atoms with Crippen molar-refractivity contribution in [3.8, 4) is 0 Å². The third-order valence-corrected chi connectivity index (χ3v) is 2.73. The smallest absolute Gasteiger partial charge is 0.0767 e. The summed E-state index contributed by atoms with van der Waals surface area (Å²) >= 11 is 0. The van der Waals surface area contributed by atoms with Gasteiger partial charge in [0.25, 0.3) is 0 Å². The topological polar surface area (TPSA) is 41.5 Å². The molecule has 0 saturated heterocycles. The van der Waals surface area contributed by atoms with E-state index < -0.39 is 5.60 Å². The van der Waals surface area contributed by atoms with Gasteiger partial charge in [-0.3, -0.25) is 0 Å². The van der Waals surface area contributed by atoms with Gasteiger partial charge in [0.1, 0.15) is 0 Å². The SMILES string of the molecule is CC(C)(C)OCCNC(C)(C)C(C)(C)O. The van der Waals surface area contributed by atoms with Crippen molar-refractivity contribution in [2.24, 2.45) is 0 Å². The van der Waals surface area contributed by atoms with Crippen molar-refractivity contribution < 1.29 is 9.84 Å². The maximum Gasteiger partial charge on any atom is 0.0767 e. The monoisotopic (exact) mass is 217 g/mol. The number of aliphatic hydroxyl groups is 1. The first kappa shape index (κ1) is 14.9. The van der Waals surface area contributed by atoms with E-state index in [2.05, 4.69) is 5.32 Å². The Morgan fingerprint density at radius 3 is 1.80 bits per heavy atom. The highest BCUT2D eigenvalue weighted by molar-refractivity contribution is 4.93. The maximum atomic E-state index is 9.90. The quantitative estimate of drug-likeness (QED) is 0.692. The van der Waals surface area contributed by atoms with Crippen LogP contribution in [0.5, 0.6) is 0 Å². The van der Waals surface area contributed by atoms with Gasteiger partial charge in [0.15, 0.2) is 0 Å². The van der Waals surface area contributed by atoms with Gasteiger partial charge in [0.05, 0.1) is 17.8 Å². The number of hydrogen-bond donors (Lipinski definition) is 2. The van der Waals surface area contributed by atoms with Crippen LogP contribution in [0, 0.1) is 0 Å². The Hall–Kier alpha value is -0.120. The fourth-order valence-electron chi connectivity index (χ4n) is 0.937. The molecule has 2 N–H and O–H groups in total. The molecule has 0 spiro atoms. The van der Waals surface area contributed by atoms with Crippen LogP contribution in [0.25, 0.3) is 0 Å². The third-order valence-electron chi connectivity index (χ3n) is 2.73. The fourth-order valence-corrected chi connectivity index (χ4v) is 0.937. The van der Waals surface area contributed by atoms with Gasteiger partial charge in [-0.2, -0.15) is 0 Å². The first-order chi connectivity index (χ1) is 6.46. The Bertz CT molecular complexity index is 187. The molecule has 0 aliphatic carbocycles. The van der Waals surface area contributed by atoms with Crippen molar-refractivity contribution in [1.29, 1.82) is 0 Å². The standard InChI is InChI=1S/C12H27NO2/c1-10(2,3)15-9-8-13-11(4,5)12(6,7)14/h13-14H,8-9H2,1-7H3. The molecule has 0 aromatic rings. The molecule has 0 aliphatic heterocycles. The van der Waals surface area contributed by atoms with Crippen molar-refractivity contribution in [3.05, 3.63) is 0 Å². The lowest BCUT2D eigenvalue weighted by Gasteiger charge is -2.38. The zero-order chi connectivity index (χ0) is 12.3. The summed E-state index contributed by atoms with van der Waals surface area (Å²) in [7, 11) is 0. The first-order valence-electron chi connectivity index (χ1n) is 5.57. The molecule has 15 heavy (non-hydrogen) atoms. The zero-order valence-corrected chi connectivity index (χ0v) is 11.3. The molecule has 3 heteroatoms. The van der Waals surface area contributed by atoms with Crippen LogP contribution in [0.15, 0.2) is 0 Å². The number of hydrogen-bond acceptors (Lipinski definition) is 3. The number of ether oxygens (including phenoxy) is 1. The van der Waals surface area contributed by atoms with Crippen LogP contribution in [-0.2, 0) is 4.74 Å². The van der Waals surface area contributed by atoms with Crippen LogP contribution < -0.4 is 5.32 Å². The predicted octanol–water partition coefficient (Wildman–Crippen LogP) is 1.94. The van der Waals surface area contributed by atoms with Gasteiger partial charge < -0.3 is 15.2 Å². The molecule has 92 valence electrons. The van der Waals surface area contributed by atoms with Gasteiger partial charge in [-0.05, 0) is 48.5 Å². The molecule has 0 aromatic carbocycles. The molecule has 0 fully saturated rings. The average Bonchev–Trinajstić information content (AvgIpc) is 1.94. The second-order valence-corrected chi connectivity index (χ2v) is 6.07. The molecule has 0 unspecified atom stereocenters. The van der Waals surface area contributed by atoms with E-state index in [-0.39, 0.29) is 11.1 Å². The Morgan fingerprint density at radius 1 is 1.00 bits per heavy atom. The normalized spacial score (nSPS) is 14.4. The van der Waals surface area contributed by atoms with E-state index in [9.17, 15) is 5.11 Å². The van der Waals surface area contributed by atoms with Gasteiger partial charge in [-0.1, -0.05) is 0 Å². The molecule has 0 bridgehead atoms. The van der Waals surface area contributed by atoms with E-state index >= 15 is 0 Å². The number of nitrogens with one attached hydrogen (secondary N) is 1. The summed E-state index contributed by atoms with van der Waals surface area (Å²) in [6.45, 7) is 15.1. The minimum atomic E-state index is -0.741. The van der Waals surface area contributed by atoms with Crippen molar-refractivity contribution in [2.75, 3.05) is 13.2 Å². The minimum Gasteiger partial charge on any atom is -0.389 e. The second-order valence-electron chi connectivity index (χ2n) is 6.07. The van der Waals surface area contributed by atoms with E-state index in [1.807, 2.05) is 48.5 Å². The summed E-state index contributed by atoms with van der Waals surface area (Å²) < 4.78 is 5.59. The third kappa shape index (κ3) is 6.13. The molecule has 0 rings (SSSR count). The molecular formula is C12H27NO2. The van der Waals surface area contributed by atoms with Gasteiger partial charge in [0.2, 0.25) is 0 Å². The van der Waals surface area contributed by atoms with Crippen molar-refractivity contribution in [2.45, 2.75) is 65.2 Å². The first-order valence-corrected chi connectivity index (χ1v) is 5.57. The van der Waals surface area contributed by atoms with Gasteiger partial charge in [-0.25, -0.2) is 0 Å². The molecule has 0 aliphatic rings. The molecule has 0 amide bonds. The van der Waals surface area contributed by atoms with E-state index in [4.69, 9.17) is 4.74 Å². The summed E-state index contributed by atoms with van der Waals surface area (Å²) in [5.41, 5.74) is -1.15. The molecule has 0 heterocycles. The van der Waals surface area contributed by atoms with Crippen molar-refractivity contribution >= 4 is 0 Å². The summed E-state index contributed by atoms with van der Waals surface area (Å²) in [4.78, 5) is 0. The lowest BCUT2D eigenvalue weighted by atomic mass is 9.86. The molecule has 0 aromatic heterocycles. The van der Waals surface area contributed by atoms with Gasteiger partial charge in [-0.15, -0.1) is 0 Å². The summed E-state index contributed by atoms with van der Waals surface area (Å²) in [5, 5.41) is 13.2. The second kappa shape index (κ2) is 4.81. The van der Waals surface area contributed by atoms with Crippen LogP contribution >= 0.6 is 0 Å². The zero-order valence-electron chi connectivity index (χ0n) is 11.3. The molecule has 0 radical (unpaired) electrons. The Labute approximate surface area is 94.2 Å². The number of rotatable bonds is 5. The van der Waals surface area contributed by atoms with Crippen molar-refractivity contribution in [1.82, 2.24) is 5.32 Å². The Kier molecular flexibility index (Phi) is 4.77. The van der Waals surface area contributed by atoms with Gasteiger partial charge >= 0.3 is 0 Å². The molecule has 0 saturated carbocycles. The Balaban J connectivity index is 3.87. The van der Waals surface area contributed by atoms with E-state index in [0.29, 0.717) is 6.61 Å². The highest BCUT2D eigenvalue weighted by Crippen LogP contribution is 2.20. The van der Waals surface area contributed by atoms with Gasteiger partial charge in [0, 0.05) is 12.1 Å². The van der Waals surface area contributed by atoms with Crippen molar-refractivity contribution in [3.63, 3.8) is 0 Å². The molecule has 3 nitrogen and oxygen atoms in total. The van der Waals surface area contributed by atoms with Crippen LogP contribution in [0.3, 0.4) is 0 Å². The highest BCUT2D eigenvalue weighted by atomic mass is 16.5. The minimum absolute atomic E-state index is 0.0967. The van der Waals surface area contributed by atoms with E-state index in [0.717, 1.165) is 6.54 Å². The maximum absolute atomic E-state index is 9.90. The largest absolute Gasteiger partial charge is 0.389 e. The lowest BCUT2D eigenvalue weighted by Crippen LogP contribution is -2.56. The average molecular weight is 217 g/mol. The summed E-state index contributed by atoms with van der Waals surface area (Å²) in [6.07, 6.45) is 0. The highest BCUT2D eigenvalue weighted by Gasteiger charge is 2.34. The Morgan fingerprint density at radius 2 is 1.47 bits per heavy atom. The lowest BCUT2D eigenvalue weighted by molar-refractivity contribution is -0.0249. The van der Waals surface area contributed by atoms with Crippen LogP contribution in [0.4, 0.5) is 0 Å². The molecular weight excluding hydrogens is 190 g/mol. The summed E-state index contributed by atoms with van der Waals surface area (Å²) in [6, 6.07) is 0. The molecule has 0 atom stereocenters. The predicted molar refractivity (Wildman–Crippen MR) is 64.1 cm³/mol. The van der Waals surface area contributed by atoms with E-state index in [1.165, 1.54) is 0 Å². The fraction of sp³-hybridized carbons (Fsp3) is 1.00. The van der Waals surface area contributed by atoms with E-state index in [1.54, 1.807) is 0 Å². The van der Waals surface area contributed by atoms with Crippen LogP contribution in [0.2, 0.25) is 0 Å². The summed E-state index contributed by atoms with van der Waals surface area (Å²) in [5.74, 6) is 0. The van der Waals surface area contributed by atoms with Crippen LogP contribution in [0.1, 0.15) is 48.5 Å².